The van der Waals surface area contributed by atoms with Gasteiger partial charge in [-0.15, -0.1) is 0 Å². The summed E-state index contributed by atoms with van der Waals surface area (Å²) in [5.74, 6) is 10.4. The number of rotatable bonds is 1. The molecule has 0 unspecified atom stereocenters. The fraction of sp³-hybridized carbons (Fsp3) is 0. The number of hydrogen-bond donors (Lipinski definition) is 4. The highest BCUT2D eigenvalue weighted by molar-refractivity contribution is 5.96. The third-order valence-corrected chi connectivity index (χ3v) is 1.02. The van der Waals surface area contributed by atoms with Crippen LogP contribution in [0.15, 0.2) is 17.4 Å². The van der Waals surface area contributed by atoms with Crippen molar-refractivity contribution in [2.45, 2.75) is 0 Å². The normalized spacial score (nSPS) is 11.5. The molecule has 10 heavy (non-hydrogen) atoms. The summed E-state index contributed by atoms with van der Waals surface area (Å²) in [6, 6.07) is 1.70. The van der Waals surface area contributed by atoms with Crippen LogP contribution in [-0.2, 0) is 0 Å². The Balaban J connectivity index is 2.85. The minimum Gasteiger partial charge on any atom is -0.321 e. The number of nitrogens with two attached hydrogens (primary N) is 2. The van der Waals surface area contributed by atoms with Gasteiger partial charge in [-0.3, -0.25) is 5.10 Å². The van der Waals surface area contributed by atoms with Gasteiger partial charge >= 0.3 is 0 Å². The average molecular weight is 140 g/mol. The highest BCUT2D eigenvalue weighted by atomic mass is 15.3. The number of hydrogen-bond acceptors (Lipinski definition) is 4. The lowest BCUT2D eigenvalue weighted by Gasteiger charge is -1.97. The van der Waals surface area contributed by atoms with Crippen LogP contribution in [0.2, 0.25) is 0 Å². The molecule has 0 atom stereocenters. The van der Waals surface area contributed by atoms with Crippen molar-refractivity contribution >= 4 is 5.84 Å². The van der Waals surface area contributed by atoms with E-state index in [-0.39, 0.29) is 0 Å². The predicted octanol–water partition coefficient (Wildman–Crippen LogP) is -1.51. The molecule has 1 aromatic heterocycles. The summed E-state index contributed by atoms with van der Waals surface area (Å²) in [7, 11) is 0. The van der Waals surface area contributed by atoms with E-state index in [1.807, 2.05) is 0 Å². The minimum absolute atomic E-state index is 0.373. The summed E-state index contributed by atoms with van der Waals surface area (Å²) in [5, 5.41) is 9.68. The van der Waals surface area contributed by atoms with Gasteiger partial charge in [-0.05, 0) is 6.07 Å². The monoisotopic (exact) mass is 140 g/mol. The Morgan fingerprint density at radius 1 is 1.80 bits per heavy atom. The van der Waals surface area contributed by atoms with E-state index < -0.39 is 0 Å². The summed E-state index contributed by atoms with van der Waals surface area (Å²) < 4.78 is 0. The molecular formula is C4H8N6. The fourth-order valence-corrected chi connectivity index (χ4v) is 0.572. The van der Waals surface area contributed by atoms with E-state index in [4.69, 9.17) is 11.7 Å². The van der Waals surface area contributed by atoms with E-state index in [0.29, 0.717) is 11.5 Å². The van der Waals surface area contributed by atoms with Crippen molar-refractivity contribution in [2.24, 2.45) is 16.8 Å². The molecule has 0 amide bonds. The molecule has 0 aliphatic carbocycles. The first-order valence-electron chi connectivity index (χ1n) is 2.62. The van der Waals surface area contributed by atoms with Gasteiger partial charge in [0.25, 0.3) is 0 Å². The van der Waals surface area contributed by atoms with Crippen LogP contribution in [0.5, 0.6) is 0 Å². The number of nitrogens with one attached hydrogen (secondary N) is 2. The van der Waals surface area contributed by atoms with Gasteiger partial charge in [0.15, 0.2) is 5.84 Å². The van der Waals surface area contributed by atoms with Gasteiger partial charge in [0.1, 0.15) is 5.69 Å². The van der Waals surface area contributed by atoms with Crippen LogP contribution in [0.4, 0.5) is 0 Å². The topological polar surface area (TPSA) is 105 Å². The predicted molar refractivity (Wildman–Crippen MR) is 36.6 cm³/mol. The largest absolute Gasteiger partial charge is 0.321 e. The van der Waals surface area contributed by atoms with Gasteiger partial charge < -0.3 is 11.3 Å². The Kier molecular flexibility index (Phi) is 1.86. The molecule has 1 rings (SSSR count). The van der Waals surface area contributed by atoms with Crippen LogP contribution < -0.4 is 17.1 Å². The Hall–Kier alpha value is -1.56. The molecule has 54 valence electrons. The zero-order valence-electron chi connectivity index (χ0n) is 5.20. The van der Waals surface area contributed by atoms with E-state index in [9.17, 15) is 0 Å². The smallest absolute Gasteiger partial charge is 0.184 e. The maximum absolute atomic E-state index is 5.07. The first kappa shape index (κ1) is 6.56. The Labute approximate surface area is 57.3 Å². The summed E-state index contributed by atoms with van der Waals surface area (Å²) in [6.07, 6.45) is 1.58. The van der Waals surface area contributed by atoms with E-state index >= 15 is 0 Å². The zero-order valence-corrected chi connectivity index (χ0v) is 5.20. The van der Waals surface area contributed by atoms with Gasteiger partial charge in [-0.1, -0.05) is 0 Å². The molecule has 6 heteroatoms. The average Bonchev–Trinajstić information content (AvgIpc) is 2.43. The van der Waals surface area contributed by atoms with Crippen molar-refractivity contribution in [3.63, 3.8) is 0 Å². The number of aromatic nitrogens is 2. The molecule has 0 bridgehead atoms. The van der Waals surface area contributed by atoms with Gasteiger partial charge in [0.05, 0.1) is 0 Å². The van der Waals surface area contributed by atoms with E-state index in [1.54, 1.807) is 12.3 Å². The number of amidine groups is 1. The molecule has 1 heterocycles. The molecule has 6 N–H and O–H groups in total. The number of H-pyrrole nitrogens is 1. The second-order valence-corrected chi connectivity index (χ2v) is 1.59. The van der Waals surface area contributed by atoms with E-state index in [0.717, 1.165) is 0 Å². The van der Waals surface area contributed by atoms with E-state index in [2.05, 4.69) is 20.7 Å². The maximum atomic E-state index is 5.07. The summed E-state index contributed by atoms with van der Waals surface area (Å²) >= 11 is 0. The molecule has 1 aromatic rings. The fourth-order valence-electron chi connectivity index (χ4n) is 0.572. The lowest BCUT2D eigenvalue weighted by molar-refractivity contribution is 0.979. The zero-order chi connectivity index (χ0) is 7.40. The Bertz CT molecular complexity index is 212. The first-order chi connectivity index (χ1) is 4.88. The second kappa shape index (κ2) is 2.83. The molecule has 0 aliphatic rings. The Morgan fingerprint density at radius 3 is 3.00 bits per heavy atom. The Morgan fingerprint density at radius 2 is 2.60 bits per heavy atom. The quantitative estimate of drug-likeness (QED) is 0.165. The van der Waals surface area contributed by atoms with Crippen molar-refractivity contribution in [2.75, 3.05) is 0 Å². The molecule has 6 nitrogen and oxygen atoms in total. The van der Waals surface area contributed by atoms with Crippen molar-refractivity contribution in [3.05, 3.63) is 18.0 Å². The van der Waals surface area contributed by atoms with Crippen molar-refractivity contribution < 1.29 is 0 Å². The number of hydrazine groups is 1. The van der Waals surface area contributed by atoms with Gasteiger partial charge in [0.2, 0.25) is 0 Å². The van der Waals surface area contributed by atoms with Crippen molar-refractivity contribution in [1.29, 1.82) is 0 Å². The molecule has 0 aliphatic heterocycles. The highest BCUT2D eigenvalue weighted by Gasteiger charge is 1.99. The first-order valence-corrected chi connectivity index (χ1v) is 2.62. The molecule has 0 saturated carbocycles. The van der Waals surface area contributed by atoms with Gasteiger partial charge in [-0.2, -0.15) is 10.2 Å². The number of aromatic amines is 1. The summed E-state index contributed by atoms with van der Waals surface area (Å²) in [5.41, 5.74) is 2.97. The molecule has 0 saturated heterocycles. The van der Waals surface area contributed by atoms with E-state index in [1.165, 1.54) is 0 Å². The highest BCUT2D eigenvalue weighted by Crippen LogP contribution is 1.89. The molecular weight excluding hydrogens is 132 g/mol. The third-order valence-electron chi connectivity index (χ3n) is 1.02. The second-order valence-electron chi connectivity index (χ2n) is 1.59. The minimum atomic E-state index is 0.373. The number of nitrogens with zero attached hydrogens (tertiary/aromatic N) is 2. The van der Waals surface area contributed by atoms with Crippen LogP contribution in [0, 0.1) is 0 Å². The third kappa shape index (κ3) is 1.06. The SMILES string of the molecule is NN=C(NN)c1ccn[nH]1. The van der Waals surface area contributed by atoms with Crippen molar-refractivity contribution in [3.8, 4) is 0 Å². The lowest BCUT2D eigenvalue weighted by atomic mass is 10.4. The molecule has 0 aromatic carbocycles. The lowest BCUT2D eigenvalue weighted by Crippen LogP contribution is -2.32. The molecule has 0 fully saturated rings. The van der Waals surface area contributed by atoms with Crippen molar-refractivity contribution in [1.82, 2.24) is 15.6 Å². The summed E-state index contributed by atoms with van der Waals surface area (Å²) in [4.78, 5) is 0. The van der Waals surface area contributed by atoms with Gasteiger partial charge in [-0.25, -0.2) is 5.84 Å². The van der Waals surface area contributed by atoms with Crippen LogP contribution in [0.25, 0.3) is 0 Å². The van der Waals surface area contributed by atoms with Crippen LogP contribution in [-0.4, -0.2) is 16.0 Å². The molecule has 0 radical (unpaired) electrons. The van der Waals surface area contributed by atoms with Gasteiger partial charge in [0, 0.05) is 6.20 Å². The maximum Gasteiger partial charge on any atom is 0.184 e. The standard InChI is InChI=1S/C4H8N6/c5-8-4(9-6)3-1-2-7-10-3/h1-2H,5-6H2,(H,7,10)(H,8,9). The van der Waals surface area contributed by atoms with Crippen LogP contribution >= 0.6 is 0 Å². The van der Waals surface area contributed by atoms with Crippen LogP contribution in [0.3, 0.4) is 0 Å². The summed E-state index contributed by atoms with van der Waals surface area (Å²) in [6.45, 7) is 0. The molecule has 0 spiro atoms. The number of hydrazone groups is 1. The van der Waals surface area contributed by atoms with Crippen LogP contribution in [0.1, 0.15) is 5.69 Å².